The van der Waals surface area contributed by atoms with E-state index in [9.17, 15) is 4.39 Å². The summed E-state index contributed by atoms with van der Waals surface area (Å²) in [5.74, 6) is 1.03. The monoisotopic (exact) mass is 463 g/mol. The van der Waals surface area contributed by atoms with Crippen LogP contribution < -0.4 is 9.47 Å². The Morgan fingerprint density at radius 1 is 0.971 bits per heavy atom. The molecule has 0 amide bonds. The molecule has 4 nitrogen and oxygen atoms in total. The number of hydrogen-bond donors (Lipinski definition) is 0. The van der Waals surface area contributed by atoms with E-state index in [1.807, 2.05) is 30.3 Å². The van der Waals surface area contributed by atoms with Gasteiger partial charge in [-0.2, -0.15) is 0 Å². The van der Waals surface area contributed by atoms with Crippen LogP contribution in [-0.4, -0.2) is 29.1 Å². The lowest BCUT2D eigenvalue weighted by atomic mass is 9.96. The minimum Gasteiger partial charge on any atom is -0.489 e. The van der Waals surface area contributed by atoms with Gasteiger partial charge in [0.25, 0.3) is 0 Å². The standard InChI is InChI=1S/C29H36FN2O2/c1-19(2)23-9-8-10-25(14-23)34-18-22-11-12-26(27-15-29(33-7)31-16-28(27)30)24(13-22)17-32(20(3)4)21(5)6/h8-16,19-21H,1,17-18H2,2-7H3/t19-/m1/s1. The molecule has 1 radical (unpaired) electrons. The molecule has 0 bridgehead atoms. The molecule has 0 fully saturated rings. The van der Waals surface area contributed by atoms with E-state index in [0.717, 1.165) is 28.0 Å². The summed E-state index contributed by atoms with van der Waals surface area (Å²) in [7, 11) is 1.54. The molecule has 0 N–H and O–H groups in total. The van der Waals surface area contributed by atoms with Crippen molar-refractivity contribution in [3.63, 3.8) is 0 Å². The van der Waals surface area contributed by atoms with Crippen molar-refractivity contribution in [1.29, 1.82) is 0 Å². The summed E-state index contributed by atoms with van der Waals surface area (Å²) < 4.78 is 26.2. The number of benzene rings is 2. The molecule has 0 saturated heterocycles. The number of methoxy groups -OCH3 is 1. The fraction of sp³-hybridized carbons (Fsp3) is 0.379. The van der Waals surface area contributed by atoms with Crippen LogP contribution in [0, 0.1) is 12.7 Å². The Balaban J connectivity index is 1.96. The number of ether oxygens (including phenoxy) is 2. The highest BCUT2D eigenvalue weighted by Crippen LogP contribution is 2.31. The number of hydrogen-bond acceptors (Lipinski definition) is 4. The molecule has 1 aromatic heterocycles. The molecular weight excluding hydrogens is 427 g/mol. The lowest BCUT2D eigenvalue weighted by molar-refractivity contribution is 0.166. The Morgan fingerprint density at radius 3 is 2.35 bits per heavy atom. The van der Waals surface area contributed by atoms with Crippen LogP contribution in [0.3, 0.4) is 0 Å². The molecule has 0 saturated carbocycles. The Kier molecular flexibility index (Phi) is 8.67. The van der Waals surface area contributed by atoms with Crippen molar-refractivity contribution in [3.8, 4) is 22.8 Å². The van der Waals surface area contributed by atoms with Crippen molar-refractivity contribution in [3.05, 3.63) is 84.2 Å². The second kappa shape index (κ2) is 11.5. The van der Waals surface area contributed by atoms with E-state index in [1.165, 1.54) is 13.3 Å². The molecule has 0 aliphatic carbocycles. The summed E-state index contributed by atoms with van der Waals surface area (Å²) in [5.41, 5.74) is 4.52. The summed E-state index contributed by atoms with van der Waals surface area (Å²) in [5, 5.41) is 0. The average Bonchev–Trinajstić information content (AvgIpc) is 2.81. The van der Waals surface area contributed by atoms with Crippen LogP contribution >= 0.6 is 0 Å². The molecule has 0 spiro atoms. The zero-order valence-corrected chi connectivity index (χ0v) is 21.1. The number of pyridine rings is 1. The van der Waals surface area contributed by atoms with E-state index in [4.69, 9.17) is 9.47 Å². The summed E-state index contributed by atoms with van der Waals surface area (Å²) in [6, 6.07) is 16.5. The van der Waals surface area contributed by atoms with Crippen LogP contribution in [0.15, 0.2) is 54.7 Å². The van der Waals surface area contributed by atoms with Gasteiger partial charge in [0, 0.05) is 30.3 Å². The summed E-state index contributed by atoms with van der Waals surface area (Å²) in [6.45, 7) is 16.0. The maximum atomic E-state index is 14.8. The van der Waals surface area contributed by atoms with Crippen LogP contribution in [0.1, 0.15) is 57.2 Å². The van der Waals surface area contributed by atoms with E-state index in [-0.39, 0.29) is 11.7 Å². The van der Waals surface area contributed by atoms with Crippen LogP contribution in [0.4, 0.5) is 4.39 Å². The maximum Gasteiger partial charge on any atom is 0.213 e. The minimum atomic E-state index is -0.370. The van der Waals surface area contributed by atoms with Gasteiger partial charge in [-0.1, -0.05) is 37.3 Å². The Hall–Kier alpha value is -2.92. The largest absolute Gasteiger partial charge is 0.489 e. The zero-order chi connectivity index (χ0) is 24.8. The van der Waals surface area contributed by atoms with Crippen molar-refractivity contribution in [2.45, 2.75) is 65.8 Å². The first-order chi connectivity index (χ1) is 16.2. The van der Waals surface area contributed by atoms with Gasteiger partial charge in [0.2, 0.25) is 5.88 Å². The van der Waals surface area contributed by atoms with Gasteiger partial charge >= 0.3 is 0 Å². The van der Waals surface area contributed by atoms with Gasteiger partial charge in [-0.15, -0.1) is 0 Å². The Bertz CT molecular complexity index is 1090. The third kappa shape index (κ3) is 6.35. The van der Waals surface area contributed by atoms with Crippen molar-refractivity contribution < 1.29 is 13.9 Å². The van der Waals surface area contributed by atoms with Crippen molar-refractivity contribution in [1.82, 2.24) is 9.88 Å². The van der Waals surface area contributed by atoms with E-state index in [1.54, 1.807) is 6.07 Å². The molecule has 3 rings (SSSR count). The Morgan fingerprint density at radius 2 is 1.71 bits per heavy atom. The fourth-order valence-electron chi connectivity index (χ4n) is 4.10. The van der Waals surface area contributed by atoms with Gasteiger partial charge in [-0.3, -0.25) is 4.90 Å². The lowest BCUT2D eigenvalue weighted by Crippen LogP contribution is -2.36. The first kappa shape index (κ1) is 25.7. The van der Waals surface area contributed by atoms with Crippen LogP contribution in [-0.2, 0) is 13.2 Å². The van der Waals surface area contributed by atoms with E-state index < -0.39 is 0 Å². The number of aromatic nitrogens is 1. The third-order valence-electron chi connectivity index (χ3n) is 6.01. The molecule has 2 aromatic carbocycles. The van der Waals surface area contributed by atoms with Crippen molar-refractivity contribution >= 4 is 0 Å². The van der Waals surface area contributed by atoms with Gasteiger partial charge in [0.05, 0.1) is 13.3 Å². The van der Waals surface area contributed by atoms with Gasteiger partial charge in [0.15, 0.2) is 0 Å². The highest BCUT2D eigenvalue weighted by Gasteiger charge is 2.19. The number of halogens is 1. The topological polar surface area (TPSA) is 34.6 Å². The molecule has 34 heavy (non-hydrogen) atoms. The first-order valence-electron chi connectivity index (χ1n) is 11.8. The van der Waals surface area contributed by atoms with Gasteiger partial charge in [-0.25, -0.2) is 9.37 Å². The predicted octanol–water partition coefficient (Wildman–Crippen LogP) is 7.03. The van der Waals surface area contributed by atoms with Crippen molar-refractivity contribution in [2.75, 3.05) is 7.11 Å². The summed E-state index contributed by atoms with van der Waals surface area (Å²) >= 11 is 0. The highest BCUT2D eigenvalue weighted by atomic mass is 19.1. The molecule has 0 aliphatic heterocycles. The molecule has 0 aliphatic rings. The third-order valence-corrected chi connectivity index (χ3v) is 6.01. The van der Waals surface area contributed by atoms with Crippen molar-refractivity contribution in [2.24, 2.45) is 0 Å². The molecule has 5 heteroatoms. The highest BCUT2D eigenvalue weighted by molar-refractivity contribution is 5.69. The molecule has 181 valence electrons. The van der Waals surface area contributed by atoms with Gasteiger partial charge in [-0.05, 0) is 74.9 Å². The normalized spacial score (nSPS) is 11.6. The number of nitrogens with zero attached hydrogens (tertiary/aromatic N) is 2. The van der Waals surface area contributed by atoms with Crippen LogP contribution in [0.5, 0.6) is 11.6 Å². The quantitative estimate of drug-likeness (QED) is 0.323. The second-order valence-corrected chi connectivity index (χ2v) is 9.32. The SMILES string of the molecule is [CH2][C@H](C)c1cccc(OCc2ccc(-c3cc(OC)ncc3F)c(CN(C(C)C)C(C)C)c2)c1. The van der Waals surface area contributed by atoms with Crippen LogP contribution in [0.2, 0.25) is 0 Å². The smallest absolute Gasteiger partial charge is 0.213 e. The maximum absolute atomic E-state index is 14.8. The summed E-state index contributed by atoms with van der Waals surface area (Å²) in [6.07, 6.45) is 1.22. The molecule has 1 heterocycles. The second-order valence-electron chi connectivity index (χ2n) is 9.32. The van der Waals surface area contributed by atoms with E-state index in [2.05, 4.69) is 63.6 Å². The predicted molar refractivity (Wildman–Crippen MR) is 137 cm³/mol. The fourth-order valence-corrected chi connectivity index (χ4v) is 4.10. The van der Waals surface area contributed by atoms with E-state index in [0.29, 0.717) is 36.7 Å². The summed E-state index contributed by atoms with van der Waals surface area (Å²) in [4.78, 5) is 6.39. The van der Waals surface area contributed by atoms with Gasteiger partial charge < -0.3 is 9.47 Å². The number of rotatable bonds is 10. The average molecular weight is 464 g/mol. The van der Waals surface area contributed by atoms with Gasteiger partial charge in [0.1, 0.15) is 18.2 Å². The minimum absolute atomic E-state index is 0.194. The van der Waals surface area contributed by atoms with Crippen LogP contribution in [0.25, 0.3) is 11.1 Å². The Labute approximate surface area is 203 Å². The van der Waals surface area contributed by atoms with E-state index >= 15 is 0 Å². The molecule has 0 unspecified atom stereocenters. The molecule has 3 aromatic rings. The lowest BCUT2D eigenvalue weighted by Gasteiger charge is -2.31. The molecular formula is C29H36FN2O2. The molecule has 1 atom stereocenters. The first-order valence-corrected chi connectivity index (χ1v) is 11.8. The zero-order valence-electron chi connectivity index (χ0n) is 21.1.